The molecule has 1 aromatic carbocycles. The summed E-state index contributed by atoms with van der Waals surface area (Å²) in [6, 6.07) is 5.93. The molecule has 2 aromatic rings. The molecule has 1 aliphatic heterocycles. The van der Waals surface area contributed by atoms with Crippen LogP contribution in [0.15, 0.2) is 24.4 Å². The third kappa shape index (κ3) is 2.46. The maximum absolute atomic E-state index is 13.1. The van der Waals surface area contributed by atoms with E-state index in [9.17, 15) is 13.2 Å². The Hall–Kier alpha value is -1.98. The van der Waals surface area contributed by atoms with Crippen LogP contribution in [0, 0.1) is 0 Å². The van der Waals surface area contributed by atoms with Crippen molar-refractivity contribution in [1.82, 2.24) is 9.78 Å². The highest BCUT2D eigenvalue weighted by molar-refractivity contribution is 5.72. The van der Waals surface area contributed by atoms with Crippen LogP contribution in [0.5, 0.6) is 0 Å². The lowest BCUT2D eigenvalue weighted by Gasteiger charge is -2.24. The number of rotatable bonds is 2. The molecule has 3 rings (SSSR count). The van der Waals surface area contributed by atoms with Crippen molar-refractivity contribution in [3.05, 3.63) is 35.7 Å². The standard InChI is InChI=1S/C16H18F3N3/c1-10(2)22-7-6-12-8-11(4-5-14(12)22)13-9-21(3)20-15(13)16(17,18)19/h4-5,8-10H,6-7H2,1-3H3. The maximum atomic E-state index is 13.1. The molecule has 118 valence electrons. The normalized spacial score (nSPS) is 14.8. The molecule has 0 atom stereocenters. The van der Waals surface area contributed by atoms with Gasteiger partial charge in [0, 0.05) is 37.1 Å². The van der Waals surface area contributed by atoms with Crippen LogP contribution in [0.4, 0.5) is 18.9 Å². The molecule has 6 heteroatoms. The second-order valence-corrected chi connectivity index (χ2v) is 5.94. The molecule has 2 heterocycles. The second-order valence-electron chi connectivity index (χ2n) is 5.94. The van der Waals surface area contributed by atoms with Crippen molar-refractivity contribution in [2.75, 3.05) is 11.4 Å². The predicted octanol–water partition coefficient (Wildman–Crippen LogP) is 3.88. The van der Waals surface area contributed by atoms with E-state index in [4.69, 9.17) is 0 Å². The lowest BCUT2D eigenvalue weighted by Crippen LogP contribution is -2.28. The van der Waals surface area contributed by atoms with Crippen LogP contribution in [-0.4, -0.2) is 22.4 Å². The molecule has 0 saturated carbocycles. The van der Waals surface area contributed by atoms with E-state index in [2.05, 4.69) is 23.8 Å². The average molecular weight is 309 g/mol. The van der Waals surface area contributed by atoms with Crippen molar-refractivity contribution < 1.29 is 13.2 Å². The first-order valence-corrected chi connectivity index (χ1v) is 7.28. The molecule has 0 amide bonds. The maximum Gasteiger partial charge on any atom is 0.435 e. The Kier molecular flexibility index (Phi) is 3.42. The molecule has 1 aliphatic rings. The number of nitrogens with zero attached hydrogens (tertiary/aromatic N) is 3. The van der Waals surface area contributed by atoms with Crippen molar-refractivity contribution in [2.45, 2.75) is 32.5 Å². The van der Waals surface area contributed by atoms with Gasteiger partial charge in [0.1, 0.15) is 0 Å². The molecule has 0 unspecified atom stereocenters. The van der Waals surface area contributed by atoms with Gasteiger partial charge in [0.25, 0.3) is 0 Å². The molecule has 0 saturated heterocycles. The number of aryl methyl sites for hydroxylation is 1. The number of alkyl halides is 3. The first-order chi connectivity index (χ1) is 10.3. The minimum Gasteiger partial charge on any atom is -0.369 e. The molecule has 22 heavy (non-hydrogen) atoms. The van der Waals surface area contributed by atoms with Gasteiger partial charge in [-0.2, -0.15) is 18.3 Å². The lowest BCUT2D eigenvalue weighted by atomic mass is 10.0. The minimum atomic E-state index is -4.44. The van der Waals surface area contributed by atoms with Gasteiger partial charge in [-0.1, -0.05) is 6.07 Å². The molecule has 1 aromatic heterocycles. The molecule has 0 aliphatic carbocycles. The number of hydrogen-bond donors (Lipinski definition) is 0. The van der Waals surface area contributed by atoms with E-state index in [-0.39, 0.29) is 5.56 Å². The quantitative estimate of drug-likeness (QED) is 0.839. The summed E-state index contributed by atoms with van der Waals surface area (Å²) >= 11 is 0. The van der Waals surface area contributed by atoms with Crippen LogP contribution in [0.1, 0.15) is 25.1 Å². The summed E-state index contributed by atoms with van der Waals surface area (Å²) in [6.45, 7) is 5.15. The van der Waals surface area contributed by atoms with Crippen LogP contribution in [-0.2, 0) is 19.6 Å². The van der Waals surface area contributed by atoms with E-state index in [0.29, 0.717) is 11.6 Å². The third-order valence-electron chi connectivity index (χ3n) is 4.04. The van der Waals surface area contributed by atoms with E-state index in [1.54, 1.807) is 6.07 Å². The monoisotopic (exact) mass is 309 g/mol. The van der Waals surface area contributed by atoms with Crippen molar-refractivity contribution in [2.24, 2.45) is 7.05 Å². The Morgan fingerprint density at radius 3 is 2.59 bits per heavy atom. The predicted molar refractivity (Wildman–Crippen MR) is 79.8 cm³/mol. The highest BCUT2D eigenvalue weighted by Crippen LogP contribution is 2.38. The van der Waals surface area contributed by atoms with Gasteiger partial charge in [0.2, 0.25) is 0 Å². The van der Waals surface area contributed by atoms with E-state index in [0.717, 1.165) is 24.2 Å². The van der Waals surface area contributed by atoms with E-state index in [1.165, 1.54) is 17.9 Å². The van der Waals surface area contributed by atoms with Crippen LogP contribution in [0.3, 0.4) is 0 Å². The van der Waals surface area contributed by atoms with E-state index >= 15 is 0 Å². The minimum absolute atomic E-state index is 0.140. The van der Waals surface area contributed by atoms with Gasteiger partial charge >= 0.3 is 6.18 Å². The first kappa shape index (κ1) is 14.9. The zero-order valence-electron chi connectivity index (χ0n) is 12.8. The third-order valence-corrected chi connectivity index (χ3v) is 4.04. The highest BCUT2D eigenvalue weighted by atomic mass is 19.4. The van der Waals surface area contributed by atoms with Crippen LogP contribution in [0.25, 0.3) is 11.1 Å². The van der Waals surface area contributed by atoms with Gasteiger partial charge in [0.05, 0.1) is 0 Å². The highest BCUT2D eigenvalue weighted by Gasteiger charge is 2.37. The molecule has 0 spiro atoms. The summed E-state index contributed by atoms with van der Waals surface area (Å²) in [5.74, 6) is 0. The zero-order valence-corrected chi connectivity index (χ0v) is 12.8. The fraction of sp³-hybridized carbons (Fsp3) is 0.438. The molecule has 0 bridgehead atoms. The Bertz CT molecular complexity index is 701. The summed E-state index contributed by atoms with van der Waals surface area (Å²) in [5.41, 5.74) is 2.11. The first-order valence-electron chi connectivity index (χ1n) is 7.28. The molecular formula is C16H18F3N3. The second kappa shape index (κ2) is 5.04. The number of hydrogen-bond acceptors (Lipinski definition) is 2. The van der Waals surface area contributed by atoms with Gasteiger partial charge in [-0.05, 0) is 43.5 Å². The Morgan fingerprint density at radius 1 is 1.23 bits per heavy atom. The van der Waals surface area contributed by atoms with Crippen molar-refractivity contribution in [1.29, 1.82) is 0 Å². The van der Waals surface area contributed by atoms with Crippen LogP contribution < -0.4 is 4.90 Å². The van der Waals surface area contributed by atoms with Gasteiger partial charge in [0.15, 0.2) is 5.69 Å². The number of fused-ring (bicyclic) bond motifs is 1. The van der Waals surface area contributed by atoms with Crippen molar-refractivity contribution in [3.8, 4) is 11.1 Å². The van der Waals surface area contributed by atoms with Crippen LogP contribution >= 0.6 is 0 Å². The summed E-state index contributed by atoms with van der Waals surface area (Å²) < 4.78 is 40.5. The smallest absolute Gasteiger partial charge is 0.369 e. The van der Waals surface area contributed by atoms with Gasteiger partial charge in [-0.15, -0.1) is 0 Å². The van der Waals surface area contributed by atoms with Crippen molar-refractivity contribution in [3.63, 3.8) is 0 Å². The number of halogens is 3. The summed E-state index contributed by atoms with van der Waals surface area (Å²) in [5, 5.41) is 3.58. The Morgan fingerprint density at radius 2 is 1.95 bits per heavy atom. The fourth-order valence-electron chi connectivity index (χ4n) is 3.04. The van der Waals surface area contributed by atoms with Gasteiger partial charge < -0.3 is 4.90 Å². The number of anilines is 1. The van der Waals surface area contributed by atoms with Gasteiger partial charge in [-0.3, -0.25) is 4.68 Å². The molecular weight excluding hydrogens is 291 g/mol. The summed E-state index contributed by atoms with van der Waals surface area (Å²) in [6.07, 6.45) is -2.15. The fourth-order valence-corrected chi connectivity index (χ4v) is 3.04. The lowest BCUT2D eigenvalue weighted by molar-refractivity contribution is -0.140. The van der Waals surface area contributed by atoms with Crippen molar-refractivity contribution >= 4 is 5.69 Å². The Labute approximate surface area is 127 Å². The summed E-state index contributed by atoms with van der Waals surface area (Å²) in [4.78, 5) is 2.27. The SMILES string of the molecule is CC(C)N1CCc2cc(-c3cn(C)nc3C(F)(F)F)ccc21. The van der Waals surface area contributed by atoms with Gasteiger partial charge in [-0.25, -0.2) is 0 Å². The zero-order chi connectivity index (χ0) is 16.1. The topological polar surface area (TPSA) is 21.1 Å². The Balaban J connectivity index is 2.05. The molecule has 0 radical (unpaired) electrons. The largest absolute Gasteiger partial charge is 0.435 e. The van der Waals surface area contributed by atoms with E-state index in [1.807, 2.05) is 12.1 Å². The number of aromatic nitrogens is 2. The summed E-state index contributed by atoms with van der Waals surface area (Å²) in [7, 11) is 1.51. The number of benzene rings is 1. The van der Waals surface area contributed by atoms with Crippen LogP contribution in [0.2, 0.25) is 0 Å². The molecule has 3 nitrogen and oxygen atoms in total. The molecule has 0 N–H and O–H groups in total. The van der Waals surface area contributed by atoms with E-state index < -0.39 is 11.9 Å². The average Bonchev–Trinajstić information content (AvgIpc) is 3.00. The molecule has 0 fully saturated rings.